The number of rotatable bonds is 2. The first-order valence-electron chi connectivity index (χ1n) is 6.78. The number of aromatic amines is 1. The average molecular weight is 274 g/mol. The molecule has 6 nitrogen and oxygen atoms in total. The maximum absolute atomic E-state index is 10.9. The number of aromatic nitrogens is 2. The summed E-state index contributed by atoms with van der Waals surface area (Å²) in [6, 6.07) is 5.44. The summed E-state index contributed by atoms with van der Waals surface area (Å²) in [5.74, 6) is 1.75. The molecule has 0 saturated carbocycles. The first-order chi connectivity index (χ1) is 9.63. The Morgan fingerprint density at radius 2 is 2.40 bits per heavy atom. The number of likely N-dealkylation sites (N-methyl/N-ethyl adjacent to an activating group) is 1. The number of H-pyrrole nitrogens is 1. The molecule has 0 radical (unpaired) electrons. The highest BCUT2D eigenvalue weighted by molar-refractivity contribution is 5.84. The van der Waals surface area contributed by atoms with Crippen LogP contribution < -0.4 is 10.5 Å². The molecule has 1 aliphatic rings. The summed E-state index contributed by atoms with van der Waals surface area (Å²) in [6.45, 7) is 2.12. The highest BCUT2D eigenvalue weighted by Crippen LogP contribution is 2.29. The number of nitrogens with zero attached hydrogens (tertiary/aromatic N) is 2. The van der Waals surface area contributed by atoms with E-state index in [-0.39, 0.29) is 0 Å². The minimum Gasteiger partial charge on any atom is -0.408 e. The van der Waals surface area contributed by atoms with Crippen LogP contribution in [0, 0.1) is 0 Å². The summed E-state index contributed by atoms with van der Waals surface area (Å²) >= 11 is 0. The molecule has 2 heterocycles. The van der Waals surface area contributed by atoms with Gasteiger partial charge in [0.1, 0.15) is 11.3 Å². The van der Waals surface area contributed by atoms with Gasteiger partial charge in [-0.15, -0.1) is 0 Å². The summed E-state index contributed by atoms with van der Waals surface area (Å²) in [4.78, 5) is 21.2. The summed E-state index contributed by atoms with van der Waals surface area (Å²) in [5, 5.41) is 0. The fraction of sp³-hybridized carbons (Fsp3) is 0.429. The number of nitrogens with two attached hydrogens (primary N) is 1. The Balaban J connectivity index is 1.95. The Labute approximate surface area is 116 Å². The molecular formula is C14H18N4O2. The van der Waals surface area contributed by atoms with Crippen molar-refractivity contribution in [1.29, 1.82) is 0 Å². The van der Waals surface area contributed by atoms with Gasteiger partial charge in [-0.05, 0) is 38.6 Å². The van der Waals surface area contributed by atoms with Crippen molar-refractivity contribution in [1.82, 2.24) is 14.9 Å². The molecule has 1 saturated heterocycles. The van der Waals surface area contributed by atoms with Crippen molar-refractivity contribution in [2.45, 2.75) is 18.8 Å². The van der Waals surface area contributed by atoms with Crippen molar-refractivity contribution in [2.75, 3.05) is 20.1 Å². The summed E-state index contributed by atoms with van der Waals surface area (Å²) in [7, 11) is 2.12. The normalized spacial score (nSPS) is 20.1. The summed E-state index contributed by atoms with van der Waals surface area (Å²) in [5.41, 5.74) is 6.61. The van der Waals surface area contributed by atoms with Gasteiger partial charge >= 0.3 is 6.09 Å². The van der Waals surface area contributed by atoms with E-state index in [9.17, 15) is 4.79 Å². The number of imidazole rings is 1. The number of ether oxygens (including phenoxy) is 1. The van der Waals surface area contributed by atoms with E-state index in [1.165, 1.54) is 6.42 Å². The third-order valence-electron chi connectivity index (χ3n) is 3.72. The van der Waals surface area contributed by atoms with Gasteiger partial charge in [0.2, 0.25) is 0 Å². The molecule has 106 valence electrons. The van der Waals surface area contributed by atoms with Gasteiger partial charge in [0, 0.05) is 12.5 Å². The van der Waals surface area contributed by atoms with Crippen molar-refractivity contribution in [3.05, 3.63) is 24.0 Å². The minimum atomic E-state index is -0.820. The third kappa shape index (κ3) is 2.46. The highest BCUT2D eigenvalue weighted by Gasteiger charge is 2.22. The van der Waals surface area contributed by atoms with Crippen molar-refractivity contribution >= 4 is 17.1 Å². The molecule has 0 bridgehead atoms. The van der Waals surface area contributed by atoms with Gasteiger partial charge in [0.05, 0.1) is 5.52 Å². The van der Waals surface area contributed by atoms with Gasteiger partial charge in [0.25, 0.3) is 0 Å². The molecule has 1 aliphatic heterocycles. The lowest BCUT2D eigenvalue weighted by Gasteiger charge is -2.28. The van der Waals surface area contributed by atoms with Crippen LogP contribution in [0.25, 0.3) is 11.0 Å². The Morgan fingerprint density at radius 3 is 3.15 bits per heavy atom. The first kappa shape index (κ1) is 12.9. The molecule has 3 rings (SSSR count). The molecule has 20 heavy (non-hydrogen) atoms. The van der Waals surface area contributed by atoms with Gasteiger partial charge in [-0.25, -0.2) is 9.78 Å². The molecule has 0 aliphatic carbocycles. The van der Waals surface area contributed by atoms with Crippen molar-refractivity contribution in [3.63, 3.8) is 0 Å². The second-order valence-electron chi connectivity index (χ2n) is 5.30. The Kier molecular flexibility index (Phi) is 3.31. The summed E-state index contributed by atoms with van der Waals surface area (Å²) < 4.78 is 5.00. The van der Waals surface area contributed by atoms with E-state index in [1.54, 1.807) is 6.07 Å². The number of benzene rings is 1. The third-order valence-corrected chi connectivity index (χ3v) is 3.72. The van der Waals surface area contributed by atoms with Crippen LogP contribution in [0.2, 0.25) is 0 Å². The van der Waals surface area contributed by atoms with E-state index in [4.69, 9.17) is 10.5 Å². The number of carbonyl (C=O) groups is 1. The lowest BCUT2D eigenvalue weighted by atomic mass is 9.98. The van der Waals surface area contributed by atoms with E-state index in [0.717, 1.165) is 30.9 Å². The second kappa shape index (κ2) is 5.13. The smallest absolute Gasteiger partial charge is 0.408 e. The molecule has 1 atom stereocenters. The molecule has 1 unspecified atom stereocenters. The number of fused-ring (bicyclic) bond motifs is 1. The number of hydrogen-bond acceptors (Lipinski definition) is 4. The predicted octanol–water partition coefficient (Wildman–Crippen LogP) is 1.83. The van der Waals surface area contributed by atoms with Crippen molar-refractivity contribution in [2.24, 2.45) is 5.73 Å². The molecular weight excluding hydrogens is 256 g/mol. The predicted molar refractivity (Wildman–Crippen MR) is 75.8 cm³/mol. The number of likely N-dealkylation sites (tertiary alicyclic amines) is 1. The van der Waals surface area contributed by atoms with Crippen LogP contribution in [0.15, 0.2) is 18.2 Å². The van der Waals surface area contributed by atoms with E-state index in [1.807, 2.05) is 12.1 Å². The molecule has 6 heteroatoms. The largest absolute Gasteiger partial charge is 0.410 e. The second-order valence-corrected chi connectivity index (χ2v) is 5.30. The molecule has 1 aromatic heterocycles. The highest BCUT2D eigenvalue weighted by atomic mass is 16.5. The van der Waals surface area contributed by atoms with Gasteiger partial charge in [-0.1, -0.05) is 6.07 Å². The van der Waals surface area contributed by atoms with E-state index in [0.29, 0.717) is 17.2 Å². The lowest BCUT2D eigenvalue weighted by Crippen LogP contribution is -2.31. The van der Waals surface area contributed by atoms with Gasteiger partial charge in [-0.2, -0.15) is 0 Å². The van der Waals surface area contributed by atoms with Crippen LogP contribution in [0.1, 0.15) is 24.6 Å². The molecule has 1 amide bonds. The van der Waals surface area contributed by atoms with Crippen LogP contribution in [-0.2, 0) is 0 Å². The number of nitrogens with one attached hydrogen (secondary N) is 1. The fourth-order valence-corrected chi connectivity index (χ4v) is 2.80. The number of carbonyl (C=O) groups excluding carboxylic acids is 1. The fourth-order valence-electron chi connectivity index (χ4n) is 2.80. The molecule has 3 N–H and O–H groups in total. The molecule has 2 aromatic rings. The van der Waals surface area contributed by atoms with E-state index in [2.05, 4.69) is 21.9 Å². The Morgan fingerprint density at radius 1 is 1.55 bits per heavy atom. The molecule has 1 aromatic carbocycles. The Hall–Kier alpha value is -2.08. The zero-order chi connectivity index (χ0) is 14.1. The van der Waals surface area contributed by atoms with E-state index >= 15 is 0 Å². The quantitative estimate of drug-likeness (QED) is 0.875. The van der Waals surface area contributed by atoms with Crippen LogP contribution >= 0.6 is 0 Å². The van der Waals surface area contributed by atoms with Crippen LogP contribution in [-0.4, -0.2) is 41.1 Å². The average Bonchev–Trinajstić information content (AvgIpc) is 2.83. The van der Waals surface area contributed by atoms with Gasteiger partial charge in [0.15, 0.2) is 5.75 Å². The standard InChI is InChI=1S/C14H18N4O2/c1-18-7-3-4-9(8-18)13-16-10-5-2-6-11(12(10)17-13)20-14(15)19/h2,5-6,9H,3-4,7-8H2,1H3,(H2,15,19)(H,16,17). The monoisotopic (exact) mass is 274 g/mol. The van der Waals surface area contributed by atoms with Gasteiger partial charge < -0.3 is 20.4 Å². The minimum absolute atomic E-state index is 0.391. The zero-order valence-corrected chi connectivity index (χ0v) is 11.4. The van der Waals surface area contributed by atoms with Gasteiger partial charge in [-0.3, -0.25) is 0 Å². The van der Waals surface area contributed by atoms with Crippen molar-refractivity contribution < 1.29 is 9.53 Å². The number of amides is 1. The summed E-state index contributed by atoms with van der Waals surface area (Å²) in [6.07, 6.45) is 1.47. The number of piperidine rings is 1. The zero-order valence-electron chi connectivity index (χ0n) is 11.4. The van der Waals surface area contributed by atoms with Crippen LogP contribution in [0.3, 0.4) is 0 Å². The number of primary amides is 1. The Bertz CT molecular complexity index is 637. The maximum Gasteiger partial charge on any atom is 0.410 e. The lowest BCUT2D eigenvalue weighted by molar-refractivity contribution is 0.211. The van der Waals surface area contributed by atoms with E-state index < -0.39 is 6.09 Å². The number of hydrogen-bond donors (Lipinski definition) is 2. The SMILES string of the molecule is CN1CCCC(c2nc3c(OC(N)=O)cccc3[nH]2)C1. The van der Waals surface area contributed by atoms with Crippen LogP contribution in [0.4, 0.5) is 4.79 Å². The molecule has 0 spiro atoms. The topological polar surface area (TPSA) is 84.2 Å². The van der Waals surface area contributed by atoms with Crippen molar-refractivity contribution in [3.8, 4) is 5.75 Å². The molecule has 1 fully saturated rings. The number of para-hydroxylation sites is 1. The first-order valence-corrected chi connectivity index (χ1v) is 6.78. The van der Waals surface area contributed by atoms with Crippen LogP contribution in [0.5, 0.6) is 5.75 Å². The maximum atomic E-state index is 10.9.